The van der Waals surface area contributed by atoms with E-state index in [4.69, 9.17) is 11.6 Å². The lowest BCUT2D eigenvalue weighted by atomic mass is 9.84. The molecule has 2 N–H and O–H groups in total. The normalized spacial score (nSPS) is 27.8. The fourth-order valence-electron chi connectivity index (χ4n) is 3.63. The number of carbonyl (C=O) groups is 1. The summed E-state index contributed by atoms with van der Waals surface area (Å²) < 4.78 is 27.4. The lowest BCUT2D eigenvalue weighted by Gasteiger charge is -2.33. The molecule has 2 aliphatic rings. The Morgan fingerprint density at radius 2 is 1.93 bits per heavy atom. The largest absolute Gasteiger partial charge is 0.352 e. The molecule has 0 aromatic heterocycles. The van der Waals surface area contributed by atoms with Crippen LogP contribution >= 0.6 is 11.6 Å². The van der Waals surface area contributed by atoms with Gasteiger partial charge in [0.15, 0.2) is 11.7 Å². The molecule has 5 atom stereocenters. The molecule has 30 heavy (non-hydrogen) atoms. The molecule has 2 fully saturated rings. The van der Waals surface area contributed by atoms with E-state index in [1.54, 1.807) is 13.8 Å². The number of hydrogen-bond acceptors (Lipinski definition) is 2. The fourth-order valence-corrected chi connectivity index (χ4v) is 3.74. The van der Waals surface area contributed by atoms with Crippen molar-refractivity contribution in [3.05, 3.63) is 25.1 Å². The summed E-state index contributed by atoms with van der Waals surface area (Å²) in [5.41, 5.74) is -0.445. The summed E-state index contributed by atoms with van der Waals surface area (Å²) in [7, 11) is 0. The molecule has 0 aromatic rings. The van der Waals surface area contributed by atoms with Crippen LogP contribution in [0.1, 0.15) is 60.3 Å². The zero-order valence-electron chi connectivity index (χ0n) is 19.1. The number of urea groups is 1. The van der Waals surface area contributed by atoms with Gasteiger partial charge in [-0.1, -0.05) is 32.4 Å². The first kappa shape index (κ1) is 28.4. The molecule has 5 nitrogen and oxygen atoms in total. The highest BCUT2D eigenvalue weighted by atomic mass is 35.5. The highest BCUT2D eigenvalue weighted by molar-refractivity contribution is 6.21. The standard InChI is InChI=1S/C18H29ClF2N4O.C2H6.C2H4/c1-4-16(21)17(22-12(3)19)23-14-7-11(2)8-15(9-14)24-18(26)25-6-5-13(20)10-25;2*1-2/h4,11-15H,5-10H2,1-3H3,(H,22,23)(H,24,26);1-2H3;1-2H2/b16-4+;;. The number of nitrogens with one attached hydrogen (secondary N) is 2. The highest BCUT2D eigenvalue weighted by Gasteiger charge is 2.31. The quantitative estimate of drug-likeness (QED) is 0.194. The molecule has 2 amide bonds. The third-order valence-electron chi connectivity index (χ3n) is 4.79. The Morgan fingerprint density at radius 1 is 1.30 bits per heavy atom. The van der Waals surface area contributed by atoms with Crippen molar-refractivity contribution in [1.82, 2.24) is 15.5 Å². The molecule has 1 saturated carbocycles. The predicted octanol–water partition coefficient (Wildman–Crippen LogP) is 5.57. The Kier molecular flexibility index (Phi) is 14.4. The monoisotopic (exact) mass is 448 g/mol. The molecule has 1 aliphatic carbocycles. The predicted molar refractivity (Wildman–Crippen MR) is 124 cm³/mol. The molecular formula is C22H39ClF2N4O. The molecule has 0 bridgehead atoms. The molecule has 0 aromatic carbocycles. The molecule has 5 unspecified atom stereocenters. The van der Waals surface area contributed by atoms with E-state index in [1.807, 2.05) is 13.8 Å². The topological polar surface area (TPSA) is 56.7 Å². The Bertz CT molecular complexity index is 571. The minimum atomic E-state index is -0.932. The van der Waals surface area contributed by atoms with Crippen LogP contribution in [0, 0.1) is 5.92 Å². The molecule has 8 heteroatoms. The van der Waals surface area contributed by atoms with Crippen LogP contribution in [-0.2, 0) is 0 Å². The van der Waals surface area contributed by atoms with Gasteiger partial charge in [0.2, 0.25) is 0 Å². The molecular weight excluding hydrogens is 410 g/mol. The number of likely N-dealkylation sites (tertiary alicyclic amines) is 1. The highest BCUT2D eigenvalue weighted by Crippen LogP contribution is 2.27. The van der Waals surface area contributed by atoms with Crippen molar-refractivity contribution in [1.29, 1.82) is 0 Å². The number of hydrogen-bond donors (Lipinski definition) is 2. The zero-order chi connectivity index (χ0) is 23.3. The second kappa shape index (κ2) is 15.2. The van der Waals surface area contributed by atoms with Crippen LogP contribution < -0.4 is 10.6 Å². The molecule has 1 heterocycles. The second-order valence-electron chi connectivity index (χ2n) is 7.32. The third-order valence-corrected chi connectivity index (χ3v) is 4.90. The Balaban J connectivity index is 0.00000198. The maximum Gasteiger partial charge on any atom is 0.317 e. The van der Waals surface area contributed by atoms with Crippen molar-refractivity contribution in [3.63, 3.8) is 0 Å². The first-order chi connectivity index (χ1) is 14.3. The number of rotatable bonds is 4. The number of amidine groups is 1. The first-order valence-corrected chi connectivity index (χ1v) is 11.2. The maximum atomic E-state index is 14.1. The van der Waals surface area contributed by atoms with Crippen LogP contribution in [0.5, 0.6) is 0 Å². The van der Waals surface area contributed by atoms with Crippen molar-refractivity contribution >= 4 is 23.5 Å². The number of allylic oxidation sites excluding steroid dienone is 1. The van der Waals surface area contributed by atoms with Gasteiger partial charge in [0, 0.05) is 12.6 Å². The van der Waals surface area contributed by atoms with E-state index < -0.39 is 17.5 Å². The number of carbonyl (C=O) groups excluding carboxylic acids is 1. The first-order valence-electron chi connectivity index (χ1n) is 10.8. The zero-order valence-corrected chi connectivity index (χ0v) is 19.8. The molecule has 174 valence electrons. The summed E-state index contributed by atoms with van der Waals surface area (Å²) >= 11 is 5.92. The number of alkyl halides is 2. The van der Waals surface area contributed by atoms with Crippen LogP contribution in [0.4, 0.5) is 13.6 Å². The van der Waals surface area contributed by atoms with E-state index in [2.05, 4.69) is 35.7 Å². The summed E-state index contributed by atoms with van der Waals surface area (Å²) in [5, 5.41) is 5.83. The van der Waals surface area contributed by atoms with Crippen LogP contribution in [0.25, 0.3) is 0 Å². The number of halogens is 3. The summed E-state index contributed by atoms with van der Waals surface area (Å²) in [4.78, 5) is 18.3. The van der Waals surface area contributed by atoms with Gasteiger partial charge in [-0.3, -0.25) is 4.99 Å². The van der Waals surface area contributed by atoms with Crippen LogP contribution in [0.15, 0.2) is 30.1 Å². The van der Waals surface area contributed by atoms with Crippen molar-refractivity contribution in [3.8, 4) is 0 Å². The van der Waals surface area contributed by atoms with Gasteiger partial charge in [-0.2, -0.15) is 0 Å². The molecule has 1 aliphatic heterocycles. The number of amides is 2. The van der Waals surface area contributed by atoms with Gasteiger partial charge in [0.1, 0.15) is 6.17 Å². The Hall–Kier alpha value is -1.63. The number of aliphatic imine (C=N–C) groups is 1. The van der Waals surface area contributed by atoms with Gasteiger partial charge in [-0.05, 0) is 51.5 Å². The number of nitrogens with zero attached hydrogens (tertiary/aromatic N) is 2. The molecule has 1 saturated heterocycles. The lowest BCUT2D eigenvalue weighted by molar-refractivity contribution is 0.190. The smallest absolute Gasteiger partial charge is 0.317 e. The fraction of sp³-hybridized carbons (Fsp3) is 0.727. The van der Waals surface area contributed by atoms with E-state index in [-0.39, 0.29) is 30.5 Å². The van der Waals surface area contributed by atoms with Crippen molar-refractivity contribution in [2.75, 3.05) is 13.1 Å². The Morgan fingerprint density at radius 3 is 2.43 bits per heavy atom. The minimum absolute atomic E-state index is 0.0537. The maximum absolute atomic E-state index is 14.1. The molecule has 0 spiro atoms. The van der Waals surface area contributed by atoms with Gasteiger partial charge in [-0.25, -0.2) is 13.6 Å². The van der Waals surface area contributed by atoms with E-state index in [0.717, 1.165) is 12.8 Å². The van der Waals surface area contributed by atoms with E-state index in [0.29, 0.717) is 25.3 Å². The van der Waals surface area contributed by atoms with E-state index >= 15 is 0 Å². The lowest BCUT2D eigenvalue weighted by Crippen LogP contribution is -2.47. The van der Waals surface area contributed by atoms with Gasteiger partial charge in [0.05, 0.1) is 18.1 Å². The SMILES string of the molecule is C/C=C(/F)C(=NC1CC(C)CC(NC(=O)N2CCC(F)C2)C1)NC(C)Cl.C=C.CC. The van der Waals surface area contributed by atoms with Gasteiger partial charge in [0.25, 0.3) is 0 Å². The van der Waals surface area contributed by atoms with Crippen molar-refractivity contribution < 1.29 is 13.6 Å². The van der Waals surface area contributed by atoms with Crippen LogP contribution in [-0.4, -0.2) is 53.6 Å². The average Bonchev–Trinajstić information content (AvgIpc) is 3.15. The minimum Gasteiger partial charge on any atom is -0.352 e. The van der Waals surface area contributed by atoms with Crippen molar-refractivity contribution in [2.45, 2.75) is 84.1 Å². The summed E-state index contributed by atoms with van der Waals surface area (Å²) in [5.74, 6) is 0.0556. The van der Waals surface area contributed by atoms with Crippen LogP contribution in [0.2, 0.25) is 0 Å². The summed E-state index contributed by atoms with van der Waals surface area (Å²) in [6.07, 6.45) is 3.10. The Labute approximate surface area is 186 Å². The summed E-state index contributed by atoms with van der Waals surface area (Å²) in [6.45, 7) is 16.0. The van der Waals surface area contributed by atoms with Gasteiger partial charge >= 0.3 is 6.03 Å². The van der Waals surface area contributed by atoms with Crippen LogP contribution in [0.3, 0.4) is 0 Å². The molecule has 0 radical (unpaired) electrons. The second-order valence-corrected chi connectivity index (χ2v) is 7.97. The average molecular weight is 449 g/mol. The van der Waals surface area contributed by atoms with Gasteiger partial charge in [-0.15, -0.1) is 13.2 Å². The summed E-state index contributed by atoms with van der Waals surface area (Å²) in [6, 6.07) is -0.387. The van der Waals surface area contributed by atoms with Crippen molar-refractivity contribution in [2.24, 2.45) is 10.9 Å². The van der Waals surface area contributed by atoms with E-state index in [1.165, 1.54) is 11.0 Å². The third kappa shape index (κ3) is 9.92. The molecule has 2 rings (SSSR count). The van der Waals surface area contributed by atoms with Gasteiger partial charge < -0.3 is 15.5 Å². The van der Waals surface area contributed by atoms with E-state index in [9.17, 15) is 13.6 Å².